The van der Waals surface area contributed by atoms with Crippen LogP contribution < -0.4 is 20.1 Å². The zero-order valence-corrected chi connectivity index (χ0v) is 14.5. The second-order valence-electron chi connectivity index (χ2n) is 5.51. The van der Waals surface area contributed by atoms with Crippen molar-refractivity contribution in [3.05, 3.63) is 72.8 Å². The normalized spacial score (nSPS) is 10.0. The van der Waals surface area contributed by atoms with Crippen LogP contribution in [0.15, 0.2) is 72.8 Å². The molecular weight excluding hydrogens is 364 g/mol. The number of para-hydroxylation sites is 2. The van der Waals surface area contributed by atoms with Crippen molar-refractivity contribution >= 4 is 23.6 Å². The third-order valence-corrected chi connectivity index (χ3v) is 3.52. The maximum atomic E-state index is 12.1. The maximum Gasteiger partial charge on any atom is 0.417 e. The Morgan fingerprint density at radius 3 is 1.32 bits per heavy atom. The minimum absolute atomic E-state index is 0.244. The monoisotopic (exact) mass is 380 g/mol. The van der Waals surface area contributed by atoms with Gasteiger partial charge in [0.05, 0.1) is 0 Å². The number of ether oxygens (including phenoxy) is 2. The molecule has 0 fully saturated rings. The summed E-state index contributed by atoms with van der Waals surface area (Å²) in [6.07, 6.45) is -1.85. The van der Waals surface area contributed by atoms with Gasteiger partial charge in [-0.15, -0.1) is 0 Å². The van der Waals surface area contributed by atoms with Gasteiger partial charge >= 0.3 is 12.2 Å². The molecule has 2 amide bonds. The summed E-state index contributed by atoms with van der Waals surface area (Å²) in [4.78, 5) is 24.2. The fourth-order valence-electron chi connectivity index (χ4n) is 2.28. The summed E-state index contributed by atoms with van der Waals surface area (Å²) >= 11 is 0. The van der Waals surface area contributed by atoms with Crippen molar-refractivity contribution in [2.24, 2.45) is 0 Å². The molecule has 0 spiro atoms. The number of hydrogen-bond acceptors (Lipinski definition) is 6. The number of aromatic hydroxyl groups is 2. The van der Waals surface area contributed by atoms with Gasteiger partial charge in [-0.3, -0.25) is 10.6 Å². The van der Waals surface area contributed by atoms with E-state index >= 15 is 0 Å². The average molecular weight is 380 g/mol. The lowest BCUT2D eigenvalue weighted by Gasteiger charge is -2.15. The van der Waals surface area contributed by atoms with Gasteiger partial charge in [0.2, 0.25) is 0 Å². The molecule has 3 aromatic rings. The quantitative estimate of drug-likeness (QED) is 0.396. The van der Waals surface area contributed by atoms with E-state index in [4.69, 9.17) is 9.47 Å². The van der Waals surface area contributed by atoms with Crippen LogP contribution >= 0.6 is 0 Å². The van der Waals surface area contributed by atoms with Crippen molar-refractivity contribution in [3.8, 4) is 23.0 Å². The molecule has 8 nitrogen and oxygen atoms in total. The number of anilines is 2. The number of carbonyl (C=O) groups is 2. The number of nitrogens with one attached hydrogen (secondary N) is 2. The molecule has 0 saturated heterocycles. The number of phenolic OH excluding ortho intramolecular Hbond substituents is 2. The molecule has 0 radical (unpaired) electrons. The van der Waals surface area contributed by atoms with Gasteiger partial charge in [-0.25, -0.2) is 9.59 Å². The summed E-state index contributed by atoms with van der Waals surface area (Å²) < 4.78 is 10.2. The second kappa shape index (κ2) is 8.45. The van der Waals surface area contributed by atoms with E-state index in [0.717, 1.165) is 12.1 Å². The highest BCUT2D eigenvalue weighted by atomic mass is 16.6. The Morgan fingerprint density at radius 1 is 0.607 bits per heavy atom. The smallest absolute Gasteiger partial charge is 0.417 e. The molecule has 0 atom stereocenters. The number of rotatable bonds is 4. The molecule has 0 aliphatic heterocycles. The Balaban J connectivity index is 1.76. The van der Waals surface area contributed by atoms with E-state index in [9.17, 15) is 19.8 Å². The van der Waals surface area contributed by atoms with Gasteiger partial charge in [-0.1, -0.05) is 36.4 Å². The lowest BCUT2D eigenvalue weighted by Crippen LogP contribution is -2.21. The first-order chi connectivity index (χ1) is 13.5. The van der Waals surface area contributed by atoms with E-state index in [2.05, 4.69) is 10.6 Å². The molecular formula is C20H16N2O6. The first-order valence-electron chi connectivity index (χ1n) is 8.15. The number of hydrogen-bond donors (Lipinski definition) is 4. The van der Waals surface area contributed by atoms with E-state index in [1.165, 1.54) is 0 Å². The molecule has 0 aromatic heterocycles. The molecule has 0 aliphatic rings. The van der Waals surface area contributed by atoms with Crippen molar-refractivity contribution in [1.82, 2.24) is 0 Å². The molecule has 3 aromatic carbocycles. The van der Waals surface area contributed by atoms with Gasteiger partial charge in [0.25, 0.3) is 0 Å². The third-order valence-electron chi connectivity index (χ3n) is 3.52. The standard InChI is InChI=1S/C20H16N2O6/c23-15-11-12-16(24)18(22-20(26)28-14-9-5-2-6-10-14)17(15)21-19(25)27-13-7-3-1-4-8-13/h1-12,23-24H,(H,21,25)(H,22,26). The topological polar surface area (TPSA) is 117 Å². The van der Waals surface area contributed by atoms with Crippen molar-refractivity contribution in [1.29, 1.82) is 0 Å². The lowest BCUT2D eigenvalue weighted by molar-refractivity contribution is 0.213. The Labute approximate surface area is 160 Å². The van der Waals surface area contributed by atoms with Gasteiger partial charge in [-0.2, -0.15) is 0 Å². The predicted octanol–water partition coefficient (Wildman–Crippen LogP) is 4.32. The van der Waals surface area contributed by atoms with E-state index in [0.29, 0.717) is 0 Å². The highest BCUT2D eigenvalue weighted by Crippen LogP contribution is 2.39. The minimum Gasteiger partial charge on any atom is -0.506 e. The largest absolute Gasteiger partial charge is 0.506 e. The summed E-state index contributed by atoms with van der Waals surface area (Å²) in [5.74, 6) is -0.231. The van der Waals surface area contributed by atoms with Crippen LogP contribution in [0.4, 0.5) is 21.0 Å². The number of phenols is 2. The molecule has 3 rings (SSSR count). The van der Waals surface area contributed by atoms with E-state index in [-0.39, 0.29) is 22.9 Å². The summed E-state index contributed by atoms with van der Waals surface area (Å²) in [6, 6.07) is 18.8. The summed E-state index contributed by atoms with van der Waals surface area (Å²) in [7, 11) is 0. The molecule has 142 valence electrons. The van der Waals surface area contributed by atoms with Crippen LogP contribution in [0.1, 0.15) is 0 Å². The van der Waals surface area contributed by atoms with Crippen LogP contribution in [0.2, 0.25) is 0 Å². The van der Waals surface area contributed by atoms with Crippen molar-refractivity contribution in [3.63, 3.8) is 0 Å². The van der Waals surface area contributed by atoms with Crippen LogP contribution in [0.3, 0.4) is 0 Å². The van der Waals surface area contributed by atoms with Crippen molar-refractivity contribution in [2.45, 2.75) is 0 Å². The predicted molar refractivity (Wildman–Crippen MR) is 102 cm³/mol. The molecule has 0 bridgehead atoms. The number of carbonyl (C=O) groups excluding carboxylic acids is 2. The summed E-state index contributed by atoms with van der Waals surface area (Å²) in [5, 5.41) is 24.7. The molecule has 28 heavy (non-hydrogen) atoms. The molecule has 0 aliphatic carbocycles. The molecule has 0 heterocycles. The SMILES string of the molecule is O=C(Nc1c(O)ccc(O)c1NC(=O)Oc1ccccc1)Oc1ccccc1. The van der Waals surface area contributed by atoms with E-state index in [1.807, 2.05) is 0 Å². The summed E-state index contributed by atoms with van der Waals surface area (Å²) in [5.41, 5.74) is -0.489. The van der Waals surface area contributed by atoms with Crippen molar-refractivity contribution in [2.75, 3.05) is 10.6 Å². The Hall–Kier alpha value is -4.20. The third kappa shape index (κ3) is 4.70. The van der Waals surface area contributed by atoms with Crippen LogP contribution in [0.5, 0.6) is 23.0 Å². The fourth-order valence-corrected chi connectivity index (χ4v) is 2.28. The highest BCUT2D eigenvalue weighted by molar-refractivity contribution is 6.00. The van der Waals surface area contributed by atoms with Crippen LogP contribution in [0.25, 0.3) is 0 Å². The first-order valence-corrected chi connectivity index (χ1v) is 8.15. The van der Waals surface area contributed by atoms with Gasteiger partial charge < -0.3 is 19.7 Å². The number of benzene rings is 3. The zero-order chi connectivity index (χ0) is 19.9. The minimum atomic E-state index is -0.924. The molecule has 8 heteroatoms. The van der Waals surface area contributed by atoms with Gasteiger partial charge in [0.15, 0.2) is 0 Å². The molecule has 0 unspecified atom stereocenters. The highest BCUT2D eigenvalue weighted by Gasteiger charge is 2.19. The fraction of sp³-hybridized carbons (Fsp3) is 0. The summed E-state index contributed by atoms with van der Waals surface area (Å²) in [6.45, 7) is 0. The Morgan fingerprint density at radius 2 is 0.964 bits per heavy atom. The first kappa shape index (κ1) is 18.6. The van der Waals surface area contributed by atoms with E-state index < -0.39 is 23.7 Å². The Bertz CT molecular complexity index is 896. The molecule has 4 N–H and O–H groups in total. The van der Waals surface area contributed by atoms with Crippen molar-refractivity contribution < 1.29 is 29.3 Å². The lowest BCUT2D eigenvalue weighted by atomic mass is 10.2. The maximum absolute atomic E-state index is 12.1. The number of amides is 2. The second-order valence-corrected chi connectivity index (χ2v) is 5.51. The average Bonchev–Trinajstić information content (AvgIpc) is 2.69. The van der Waals surface area contributed by atoms with Crippen LogP contribution in [-0.2, 0) is 0 Å². The van der Waals surface area contributed by atoms with E-state index in [1.54, 1.807) is 60.7 Å². The van der Waals surface area contributed by atoms with Gasteiger partial charge in [0.1, 0.15) is 34.4 Å². The van der Waals surface area contributed by atoms with Gasteiger partial charge in [-0.05, 0) is 36.4 Å². The van der Waals surface area contributed by atoms with Crippen LogP contribution in [-0.4, -0.2) is 22.4 Å². The zero-order valence-electron chi connectivity index (χ0n) is 14.5. The Kier molecular flexibility index (Phi) is 5.61. The van der Waals surface area contributed by atoms with Gasteiger partial charge in [0, 0.05) is 0 Å². The molecule has 0 saturated carbocycles. The van der Waals surface area contributed by atoms with Crippen LogP contribution in [0, 0.1) is 0 Å².